The third-order valence-corrected chi connectivity index (χ3v) is 2.74. The maximum absolute atomic E-state index is 5.29. The summed E-state index contributed by atoms with van der Waals surface area (Å²) in [7, 11) is 0. The van der Waals surface area contributed by atoms with Crippen LogP contribution in [0.25, 0.3) is 0 Å². The van der Waals surface area contributed by atoms with Crippen molar-refractivity contribution in [3.63, 3.8) is 0 Å². The average Bonchev–Trinajstić information content (AvgIpc) is 2.42. The normalized spacial score (nSPS) is 11.3. The summed E-state index contributed by atoms with van der Waals surface area (Å²) in [4.78, 5) is 0. The molecule has 1 unspecified atom stereocenters. The molecule has 0 aliphatic heterocycles. The van der Waals surface area contributed by atoms with Crippen molar-refractivity contribution in [2.45, 2.75) is 32.7 Å². The van der Waals surface area contributed by atoms with E-state index in [0.29, 0.717) is 6.04 Å². The maximum atomic E-state index is 5.29. The van der Waals surface area contributed by atoms with Crippen LogP contribution in [0.3, 0.4) is 0 Å². The summed E-state index contributed by atoms with van der Waals surface area (Å²) in [6.07, 6.45) is 2.11. The van der Waals surface area contributed by atoms with E-state index in [2.05, 4.69) is 67.6 Å². The van der Waals surface area contributed by atoms with Crippen LogP contribution in [0.2, 0.25) is 0 Å². The van der Waals surface area contributed by atoms with Crippen molar-refractivity contribution in [1.82, 2.24) is 0 Å². The molecule has 0 radical (unpaired) electrons. The topological polar surface area (TPSA) is 26.0 Å². The van der Waals surface area contributed by atoms with Crippen molar-refractivity contribution >= 4 is 0 Å². The highest BCUT2D eigenvalue weighted by atomic mass is 14.6. The lowest BCUT2D eigenvalue weighted by Crippen LogP contribution is -2.11. The molecule has 1 atom stereocenters. The average molecular weight is 241 g/mol. The van der Waals surface area contributed by atoms with Gasteiger partial charge in [-0.25, -0.2) is 0 Å². The van der Waals surface area contributed by atoms with Crippen LogP contribution in [0, 0.1) is 0 Å². The van der Waals surface area contributed by atoms with Crippen LogP contribution in [0.15, 0.2) is 60.7 Å². The molecule has 0 saturated heterocycles. The van der Waals surface area contributed by atoms with Crippen LogP contribution in [0.5, 0.6) is 0 Å². The molecule has 0 amide bonds. The molecule has 0 aliphatic rings. The lowest BCUT2D eigenvalue weighted by Gasteiger charge is -2.00. The Morgan fingerprint density at radius 2 is 1.17 bits per heavy atom. The second kappa shape index (κ2) is 8.48. The zero-order valence-corrected chi connectivity index (χ0v) is 11.3. The Morgan fingerprint density at radius 3 is 1.44 bits per heavy atom. The number of rotatable bonds is 3. The molecule has 0 fully saturated rings. The number of hydrogen-bond donors (Lipinski definition) is 1. The summed E-state index contributed by atoms with van der Waals surface area (Å²) < 4.78 is 0. The van der Waals surface area contributed by atoms with Gasteiger partial charge in [-0.3, -0.25) is 0 Å². The highest BCUT2D eigenvalue weighted by Crippen LogP contribution is 2.07. The second-order valence-electron chi connectivity index (χ2n) is 4.53. The van der Waals surface area contributed by atoms with Gasteiger partial charge in [-0.15, -0.1) is 0 Å². The lowest BCUT2D eigenvalue weighted by molar-refractivity contribution is 0.715. The zero-order valence-electron chi connectivity index (χ0n) is 11.3. The molecule has 2 rings (SSSR count). The fraction of sp³-hybridized carbons (Fsp3) is 0.294. The van der Waals surface area contributed by atoms with Gasteiger partial charge < -0.3 is 5.73 Å². The minimum Gasteiger partial charge on any atom is -0.328 e. The largest absolute Gasteiger partial charge is 0.328 e. The summed E-state index contributed by atoms with van der Waals surface area (Å²) in [6.45, 7) is 4.07. The minimum atomic E-state index is 0.384. The highest BCUT2D eigenvalue weighted by Gasteiger charge is 1.92. The SMILES string of the molecule is CCC(C)N.c1ccc(Cc2ccccc2)cc1. The molecule has 1 heteroatoms. The number of nitrogens with two attached hydrogens (primary N) is 1. The van der Waals surface area contributed by atoms with E-state index in [1.165, 1.54) is 11.1 Å². The maximum Gasteiger partial charge on any atom is 0.000781 e. The molecule has 2 aromatic carbocycles. The number of benzene rings is 2. The van der Waals surface area contributed by atoms with Crippen molar-refractivity contribution in [1.29, 1.82) is 0 Å². The molecule has 0 saturated carbocycles. The summed E-state index contributed by atoms with van der Waals surface area (Å²) in [5.74, 6) is 0. The zero-order chi connectivity index (χ0) is 13.2. The predicted molar refractivity (Wildman–Crippen MR) is 79.6 cm³/mol. The van der Waals surface area contributed by atoms with Crippen LogP contribution in [-0.4, -0.2) is 6.04 Å². The van der Waals surface area contributed by atoms with Crippen molar-refractivity contribution in [2.75, 3.05) is 0 Å². The van der Waals surface area contributed by atoms with Crippen molar-refractivity contribution < 1.29 is 0 Å². The van der Waals surface area contributed by atoms with Gasteiger partial charge >= 0.3 is 0 Å². The van der Waals surface area contributed by atoms with Crippen LogP contribution >= 0.6 is 0 Å². The first kappa shape index (κ1) is 14.5. The molecule has 0 bridgehead atoms. The minimum absolute atomic E-state index is 0.384. The molecule has 0 heterocycles. The summed E-state index contributed by atoms with van der Waals surface area (Å²) >= 11 is 0. The third kappa shape index (κ3) is 6.21. The predicted octanol–water partition coefficient (Wildman–Crippen LogP) is 4.02. The quantitative estimate of drug-likeness (QED) is 0.863. The van der Waals surface area contributed by atoms with Gasteiger partial charge in [-0.05, 0) is 30.9 Å². The van der Waals surface area contributed by atoms with Crippen LogP contribution in [0.1, 0.15) is 31.4 Å². The van der Waals surface area contributed by atoms with E-state index < -0.39 is 0 Å². The molecular weight excluding hydrogens is 218 g/mol. The van der Waals surface area contributed by atoms with Gasteiger partial charge in [0.25, 0.3) is 0 Å². The fourth-order valence-electron chi connectivity index (χ4n) is 1.43. The summed E-state index contributed by atoms with van der Waals surface area (Å²) in [6, 6.07) is 21.4. The summed E-state index contributed by atoms with van der Waals surface area (Å²) in [5.41, 5.74) is 8.03. The molecule has 18 heavy (non-hydrogen) atoms. The van der Waals surface area contributed by atoms with E-state index in [4.69, 9.17) is 5.73 Å². The lowest BCUT2D eigenvalue weighted by atomic mass is 10.1. The second-order valence-corrected chi connectivity index (χ2v) is 4.53. The summed E-state index contributed by atoms with van der Waals surface area (Å²) in [5, 5.41) is 0. The van der Waals surface area contributed by atoms with Gasteiger partial charge in [0.1, 0.15) is 0 Å². The molecule has 2 aromatic rings. The van der Waals surface area contributed by atoms with Gasteiger partial charge in [0.15, 0.2) is 0 Å². The van der Waals surface area contributed by atoms with Crippen LogP contribution in [-0.2, 0) is 6.42 Å². The van der Waals surface area contributed by atoms with Crippen molar-refractivity contribution in [3.8, 4) is 0 Å². The monoisotopic (exact) mass is 241 g/mol. The smallest absolute Gasteiger partial charge is 0.000781 e. The fourth-order valence-corrected chi connectivity index (χ4v) is 1.43. The Balaban J connectivity index is 0.000000280. The third-order valence-electron chi connectivity index (χ3n) is 2.74. The van der Waals surface area contributed by atoms with Crippen LogP contribution < -0.4 is 5.73 Å². The van der Waals surface area contributed by atoms with Gasteiger partial charge in [0.2, 0.25) is 0 Å². The Labute approximate surface area is 111 Å². The van der Waals surface area contributed by atoms with E-state index in [0.717, 1.165) is 12.8 Å². The first-order valence-corrected chi connectivity index (χ1v) is 6.55. The Hall–Kier alpha value is -1.60. The molecular formula is C17H23N. The van der Waals surface area contributed by atoms with E-state index in [-0.39, 0.29) is 0 Å². The van der Waals surface area contributed by atoms with Gasteiger partial charge in [0.05, 0.1) is 0 Å². The molecule has 1 nitrogen and oxygen atoms in total. The van der Waals surface area contributed by atoms with E-state index in [9.17, 15) is 0 Å². The standard InChI is InChI=1S/C13H12.C4H11N/c1-3-7-12(8-4-1)11-13-9-5-2-6-10-13;1-3-4(2)5/h1-10H,11H2;4H,3,5H2,1-2H3. The van der Waals surface area contributed by atoms with Crippen molar-refractivity contribution in [3.05, 3.63) is 71.8 Å². The highest BCUT2D eigenvalue weighted by molar-refractivity contribution is 5.25. The first-order valence-electron chi connectivity index (χ1n) is 6.55. The van der Waals surface area contributed by atoms with E-state index >= 15 is 0 Å². The number of hydrogen-bond acceptors (Lipinski definition) is 1. The Bertz CT molecular complexity index is 369. The molecule has 96 valence electrons. The Morgan fingerprint density at radius 1 is 0.833 bits per heavy atom. The van der Waals surface area contributed by atoms with Crippen molar-refractivity contribution in [2.24, 2.45) is 5.73 Å². The van der Waals surface area contributed by atoms with Gasteiger partial charge in [-0.2, -0.15) is 0 Å². The van der Waals surface area contributed by atoms with Gasteiger partial charge in [-0.1, -0.05) is 67.6 Å². The molecule has 0 aromatic heterocycles. The van der Waals surface area contributed by atoms with Gasteiger partial charge in [0, 0.05) is 6.04 Å². The molecule has 0 spiro atoms. The Kier molecular flexibility index (Phi) is 6.82. The van der Waals surface area contributed by atoms with E-state index in [1.54, 1.807) is 0 Å². The van der Waals surface area contributed by atoms with Crippen LogP contribution in [0.4, 0.5) is 0 Å². The first-order chi connectivity index (χ1) is 8.72. The molecule has 0 aliphatic carbocycles. The van der Waals surface area contributed by atoms with E-state index in [1.807, 2.05) is 6.92 Å². The molecule has 2 N–H and O–H groups in total.